The van der Waals surface area contributed by atoms with Crippen molar-refractivity contribution in [3.8, 4) is 6.07 Å². The molecule has 1 heterocycles. The van der Waals surface area contributed by atoms with E-state index in [1.165, 1.54) is 0 Å². The van der Waals surface area contributed by atoms with E-state index in [-0.39, 0.29) is 0 Å². The number of benzene rings is 1. The zero-order valence-electron chi connectivity index (χ0n) is 10.5. The van der Waals surface area contributed by atoms with E-state index in [2.05, 4.69) is 21.5 Å². The molecule has 0 saturated heterocycles. The highest BCUT2D eigenvalue weighted by Gasteiger charge is 2.03. The second kappa shape index (κ2) is 5.32. The first-order valence-corrected chi connectivity index (χ1v) is 5.78. The lowest BCUT2D eigenvalue weighted by atomic mass is 10.1. The van der Waals surface area contributed by atoms with Crippen molar-refractivity contribution >= 4 is 5.69 Å². The Morgan fingerprint density at radius 3 is 2.94 bits per heavy atom. The fraction of sp³-hybridized carbons (Fsp3) is 0.308. The third-order valence-corrected chi connectivity index (χ3v) is 2.61. The highest BCUT2D eigenvalue weighted by Crippen LogP contribution is 2.16. The van der Waals surface area contributed by atoms with Gasteiger partial charge in [-0.2, -0.15) is 10.4 Å². The maximum absolute atomic E-state index is 9.01. The van der Waals surface area contributed by atoms with E-state index in [4.69, 9.17) is 5.26 Å². The normalized spacial score (nSPS) is 10.1. The summed E-state index contributed by atoms with van der Waals surface area (Å²) >= 11 is 0. The SMILES string of the molecule is Cc1ccc(C#N)c(NCCc2ncn(C)n2)c1. The van der Waals surface area contributed by atoms with E-state index in [1.807, 2.05) is 32.2 Å². The molecule has 92 valence electrons. The van der Waals surface area contributed by atoms with Gasteiger partial charge in [-0.1, -0.05) is 6.07 Å². The molecule has 0 unspecified atom stereocenters. The van der Waals surface area contributed by atoms with E-state index in [0.717, 1.165) is 23.5 Å². The second-order valence-corrected chi connectivity index (χ2v) is 4.17. The third kappa shape index (κ3) is 2.86. The number of aromatic nitrogens is 3. The van der Waals surface area contributed by atoms with Crippen molar-refractivity contribution in [1.82, 2.24) is 14.8 Å². The Kier molecular flexibility index (Phi) is 3.58. The maximum atomic E-state index is 9.01. The average Bonchev–Trinajstić information content (AvgIpc) is 2.75. The van der Waals surface area contributed by atoms with Gasteiger partial charge in [-0.05, 0) is 24.6 Å². The number of aryl methyl sites for hydroxylation is 2. The molecule has 0 saturated carbocycles. The Balaban J connectivity index is 1.98. The summed E-state index contributed by atoms with van der Waals surface area (Å²) in [5.41, 5.74) is 2.66. The van der Waals surface area contributed by atoms with Gasteiger partial charge in [0.15, 0.2) is 5.82 Å². The largest absolute Gasteiger partial charge is 0.384 e. The minimum absolute atomic E-state index is 0.662. The van der Waals surface area contributed by atoms with Crippen LogP contribution in [0.5, 0.6) is 0 Å². The van der Waals surface area contributed by atoms with Gasteiger partial charge in [0.2, 0.25) is 0 Å². The number of anilines is 1. The fourth-order valence-corrected chi connectivity index (χ4v) is 1.71. The van der Waals surface area contributed by atoms with E-state index in [0.29, 0.717) is 12.1 Å². The number of hydrogen-bond donors (Lipinski definition) is 1. The standard InChI is InChI=1S/C13H15N5/c1-10-3-4-11(8-14)12(7-10)15-6-5-13-16-9-18(2)17-13/h3-4,7,9,15H,5-6H2,1-2H3. The molecule has 0 aliphatic rings. The molecule has 5 heteroatoms. The summed E-state index contributed by atoms with van der Waals surface area (Å²) in [4.78, 5) is 4.15. The highest BCUT2D eigenvalue weighted by molar-refractivity contribution is 5.58. The van der Waals surface area contributed by atoms with Crippen LogP contribution in [0.15, 0.2) is 24.5 Å². The molecule has 0 fully saturated rings. The Bertz CT molecular complexity index is 579. The van der Waals surface area contributed by atoms with Crippen LogP contribution in [0.4, 0.5) is 5.69 Å². The van der Waals surface area contributed by atoms with Crippen LogP contribution in [0.3, 0.4) is 0 Å². The first-order valence-electron chi connectivity index (χ1n) is 5.78. The van der Waals surface area contributed by atoms with E-state index >= 15 is 0 Å². The first-order chi connectivity index (χ1) is 8.69. The summed E-state index contributed by atoms with van der Waals surface area (Å²) in [5.74, 6) is 0.802. The van der Waals surface area contributed by atoms with Gasteiger partial charge in [-0.3, -0.25) is 4.68 Å². The Labute approximate surface area is 106 Å². The molecule has 0 spiro atoms. The lowest BCUT2D eigenvalue weighted by Crippen LogP contribution is -2.07. The van der Waals surface area contributed by atoms with Crippen LogP contribution in [0.1, 0.15) is 17.0 Å². The lowest BCUT2D eigenvalue weighted by molar-refractivity contribution is 0.742. The zero-order chi connectivity index (χ0) is 13.0. The number of rotatable bonds is 4. The molecule has 2 aromatic rings. The van der Waals surface area contributed by atoms with Crippen LogP contribution in [-0.2, 0) is 13.5 Å². The van der Waals surface area contributed by atoms with Gasteiger partial charge in [-0.15, -0.1) is 0 Å². The Morgan fingerprint density at radius 2 is 2.28 bits per heavy atom. The van der Waals surface area contributed by atoms with E-state index in [9.17, 15) is 0 Å². The van der Waals surface area contributed by atoms with Gasteiger partial charge in [0.25, 0.3) is 0 Å². The predicted molar refractivity (Wildman–Crippen MR) is 69.1 cm³/mol. The summed E-state index contributed by atoms with van der Waals surface area (Å²) in [5, 5.41) is 16.5. The van der Waals surface area contributed by atoms with Crippen molar-refractivity contribution in [3.05, 3.63) is 41.5 Å². The molecule has 0 aliphatic heterocycles. The molecular formula is C13H15N5. The molecule has 0 bridgehead atoms. The Morgan fingerprint density at radius 1 is 1.44 bits per heavy atom. The van der Waals surface area contributed by atoms with Crippen molar-refractivity contribution in [2.45, 2.75) is 13.3 Å². The van der Waals surface area contributed by atoms with Gasteiger partial charge in [0.1, 0.15) is 12.4 Å². The first kappa shape index (κ1) is 12.1. The van der Waals surface area contributed by atoms with E-state index in [1.54, 1.807) is 11.0 Å². The molecule has 18 heavy (non-hydrogen) atoms. The molecule has 1 aromatic carbocycles. The van der Waals surface area contributed by atoms with Crippen molar-refractivity contribution < 1.29 is 0 Å². The lowest BCUT2D eigenvalue weighted by Gasteiger charge is -2.07. The van der Waals surface area contributed by atoms with Crippen molar-refractivity contribution in [3.63, 3.8) is 0 Å². The summed E-state index contributed by atoms with van der Waals surface area (Å²) in [6, 6.07) is 7.92. The second-order valence-electron chi connectivity index (χ2n) is 4.17. The van der Waals surface area contributed by atoms with Crippen LogP contribution < -0.4 is 5.32 Å². The zero-order valence-corrected chi connectivity index (χ0v) is 10.5. The van der Waals surface area contributed by atoms with Crippen LogP contribution >= 0.6 is 0 Å². The van der Waals surface area contributed by atoms with Gasteiger partial charge in [-0.25, -0.2) is 4.98 Å². The minimum atomic E-state index is 0.662. The van der Waals surface area contributed by atoms with Gasteiger partial charge >= 0.3 is 0 Å². The summed E-state index contributed by atoms with van der Waals surface area (Å²) in [6.07, 6.45) is 2.42. The molecule has 1 N–H and O–H groups in total. The van der Waals surface area contributed by atoms with Crippen molar-refractivity contribution in [2.24, 2.45) is 7.05 Å². The van der Waals surface area contributed by atoms with Crippen molar-refractivity contribution in [2.75, 3.05) is 11.9 Å². The molecule has 5 nitrogen and oxygen atoms in total. The summed E-state index contributed by atoms with van der Waals surface area (Å²) < 4.78 is 1.68. The molecule has 0 radical (unpaired) electrons. The minimum Gasteiger partial charge on any atom is -0.384 e. The number of nitriles is 1. The Hall–Kier alpha value is -2.35. The molecule has 0 aliphatic carbocycles. The smallest absolute Gasteiger partial charge is 0.152 e. The van der Waals surface area contributed by atoms with Crippen LogP contribution in [-0.4, -0.2) is 21.3 Å². The number of nitrogens with zero attached hydrogens (tertiary/aromatic N) is 4. The summed E-state index contributed by atoms with van der Waals surface area (Å²) in [6.45, 7) is 2.72. The fourth-order valence-electron chi connectivity index (χ4n) is 1.71. The highest BCUT2D eigenvalue weighted by atomic mass is 15.3. The van der Waals surface area contributed by atoms with Crippen LogP contribution in [0, 0.1) is 18.3 Å². The van der Waals surface area contributed by atoms with Gasteiger partial charge < -0.3 is 5.32 Å². The predicted octanol–water partition coefficient (Wildman–Crippen LogP) is 1.65. The number of hydrogen-bond acceptors (Lipinski definition) is 4. The molecular weight excluding hydrogens is 226 g/mol. The van der Waals surface area contributed by atoms with Gasteiger partial charge in [0, 0.05) is 20.0 Å². The van der Waals surface area contributed by atoms with Gasteiger partial charge in [0.05, 0.1) is 11.3 Å². The maximum Gasteiger partial charge on any atom is 0.152 e. The monoisotopic (exact) mass is 241 g/mol. The average molecular weight is 241 g/mol. The third-order valence-electron chi connectivity index (χ3n) is 2.61. The molecule has 1 aromatic heterocycles. The summed E-state index contributed by atoms with van der Waals surface area (Å²) in [7, 11) is 1.85. The van der Waals surface area contributed by atoms with Crippen LogP contribution in [0.2, 0.25) is 0 Å². The molecule has 0 amide bonds. The number of nitrogens with one attached hydrogen (secondary N) is 1. The molecule has 0 atom stereocenters. The quantitative estimate of drug-likeness (QED) is 0.883. The van der Waals surface area contributed by atoms with E-state index < -0.39 is 0 Å². The topological polar surface area (TPSA) is 66.5 Å². The van der Waals surface area contributed by atoms with Crippen LogP contribution in [0.25, 0.3) is 0 Å². The van der Waals surface area contributed by atoms with Crippen molar-refractivity contribution in [1.29, 1.82) is 5.26 Å². The molecule has 2 rings (SSSR count).